The monoisotopic (exact) mass is 330 g/mol. The fourth-order valence-electron chi connectivity index (χ4n) is 3.01. The van der Waals surface area contributed by atoms with Crippen molar-refractivity contribution in [3.05, 3.63) is 0 Å². The van der Waals surface area contributed by atoms with Crippen LogP contribution in [0, 0.1) is 0 Å². The number of carbonyl (C=O) groups is 2. The lowest BCUT2D eigenvalue weighted by Gasteiger charge is -2.32. The van der Waals surface area contributed by atoms with E-state index in [2.05, 4.69) is 4.74 Å². The first kappa shape index (κ1) is 18.0. The molecular formula is C16H26O7. The molecule has 1 aliphatic heterocycles. The van der Waals surface area contributed by atoms with Crippen LogP contribution in [0.1, 0.15) is 51.9 Å². The predicted molar refractivity (Wildman–Crippen MR) is 79.8 cm³/mol. The van der Waals surface area contributed by atoms with Crippen LogP contribution in [-0.2, 0) is 28.5 Å². The first-order valence-electron chi connectivity index (χ1n) is 8.34. The molecule has 2 aliphatic rings. The van der Waals surface area contributed by atoms with E-state index < -0.39 is 12.3 Å². The third kappa shape index (κ3) is 6.35. The highest BCUT2D eigenvalue weighted by Crippen LogP contribution is 2.23. The van der Waals surface area contributed by atoms with Gasteiger partial charge in [0.15, 0.2) is 6.79 Å². The minimum Gasteiger partial charge on any atom is -0.441 e. The summed E-state index contributed by atoms with van der Waals surface area (Å²) in [5.41, 5.74) is 0. The molecule has 3 unspecified atom stereocenters. The van der Waals surface area contributed by atoms with E-state index in [0.717, 1.165) is 32.1 Å². The molecule has 0 aromatic carbocycles. The molecule has 132 valence electrons. The Morgan fingerprint density at radius 2 is 2.00 bits per heavy atom. The van der Waals surface area contributed by atoms with Crippen molar-refractivity contribution in [3.63, 3.8) is 0 Å². The first-order valence-corrected chi connectivity index (χ1v) is 8.34. The number of carbonyl (C=O) groups excluding carboxylic acids is 2. The maximum absolute atomic E-state index is 11.9. The molecule has 0 radical (unpaired) electrons. The molecule has 0 aromatic heterocycles. The van der Waals surface area contributed by atoms with E-state index in [0.29, 0.717) is 19.5 Å². The van der Waals surface area contributed by atoms with E-state index in [1.807, 2.05) is 0 Å². The second-order valence-electron chi connectivity index (χ2n) is 6.05. The quantitative estimate of drug-likeness (QED) is 0.307. The van der Waals surface area contributed by atoms with Crippen molar-refractivity contribution in [1.82, 2.24) is 0 Å². The minimum atomic E-state index is -0.625. The normalized spacial score (nSPS) is 27.0. The molecule has 1 saturated heterocycles. The summed E-state index contributed by atoms with van der Waals surface area (Å²) in [6.45, 7) is 2.59. The average Bonchev–Trinajstić information content (AvgIpc) is 2.56. The highest BCUT2D eigenvalue weighted by Gasteiger charge is 2.31. The lowest BCUT2D eigenvalue weighted by atomic mass is 9.98. The van der Waals surface area contributed by atoms with Gasteiger partial charge in [-0.3, -0.25) is 4.79 Å². The van der Waals surface area contributed by atoms with Crippen LogP contribution in [0.4, 0.5) is 4.79 Å². The number of rotatable bonds is 7. The van der Waals surface area contributed by atoms with Crippen LogP contribution in [0.25, 0.3) is 0 Å². The van der Waals surface area contributed by atoms with E-state index in [-0.39, 0.29) is 25.1 Å². The molecule has 0 bridgehead atoms. The Morgan fingerprint density at radius 1 is 1.22 bits per heavy atom. The standard InChI is InChI=1S/C16H26O7/c1-12(22-16(18)23-13-5-3-2-4-6-13)15-9-14(7-8-20-15)21-11-19-10-17/h10,12-15H,2-9,11H2,1H3. The Labute approximate surface area is 136 Å². The maximum atomic E-state index is 11.9. The van der Waals surface area contributed by atoms with E-state index >= 15 is 0 Å². The Balaban J connectivity index is 1.69. The third-order valence-electron chi connectivity index (χ3n) is 4.33. The topological polar surface area (TPSA) is 80.3 Å². The summed E-state index contributed by atoms with van der Waals surface area (Å²) in [4.78, 5) is 22.0. The molecule has 23 heavy (non-hydrogen) atoms. The van der Waals surface area contributed by atoms with Crippen molar-refractivity contribution in [3.8, 4) is 0 Å². The molecule has 7 nitrogen and oxygen atoms in total. The molecule has 0 spiro atoms. The van der Waals surface area contributed by atoms with Gasteiger partial charge in [0.2, 0.25) is 0 Å². The Morgan fingerprint density at radius 3 is 2.74 bits per heavy atom. The first-order chi connectivity index (χ1) is 11.2. The van der Waals surface area contributed by atoms with Crippen molar-refractivity contribution in [2.75, 3.05) is 13.4 Å². The summed E-state index contributed by atoms with van der Waals surface area (Å²) in [6.07, 6.45) is 5.15. The van der Waals surface area contributed by atoms with Gasteiger partial charge in [0, 0.05) is 13.0 Å². The summed E-state index contributed by atoms with van der Waals surface area (Å²) in [7, 11) is 0. The van der Waals surface area contributed by atoms with Gasteiger partial charge in [-0.1, -0.05) is 6.42 Å². The van der Waals surface area contributed by atoms with Gasteiger partial charge in [0.1, 0.15) is 12.2 Å². The Hall–Kier alpha value is -1.34. The largest absolute Gasteiger partial charge is 0.508 e. The number of hydrogen-bond donors (Lipinski definition) is 0. The maximum Gasteiger partial charge on any atom is 0.508 e. The average molecular weight is 330 g/mol. The zero-order valence-corrected chi connectivity index (χ0v) is 13.6. The fraction of sp³-hybridized carbons (Fsp3) is 0.875. The molecule has 7 heteroatoms. The summed E-state index contributed by atoms with van der Waals surface area (Å²) >= 11 is 0. The Bertz CT molecular complexity index is 367. The van der Waals surface area contributed by atoms with Gasteiger partial charge in [-0.2, -0.15) is 0 Å². The van der Waals surface area contributed by atoms with Crippen LogP contribution in [0.15, 0.2) is 0 Å². The van der Waals surface area contributed by atoms with Crippen LogP contribution >= 0.6 is 0 Å². The fourth-order valence-corrected chi connectivity index (χ4v) is 3.01. The minimum absolute atomic E-state index is 0.0210. The molecule has 0 N–H and O–H groups in total. The molecule has 1 saturated carbocycles. The van der Waals surface area contributed by atoms with Crippen LogP contribution in [-0.4, -0.2) is 50.4 Å². The van der Waals surface area contributed by atoms with Crippen LogP contribution in [0.3, 0.4) is 0 Å². The van der Waals surface area contributed by atoms with Crippen molar-refractivity contribution in [1.29, 1.82) is 0 Å². The smallest absolute Gasteiger partial charge is 0.441 e. The SMILES string of the molecule is CC(OC(=O)OC1CCCCC1)C1CC(OCOC=O)CCO1. The second-order valence-corrected chi connectivity index (χ2v) is 6.05. The molecule has 1 aliphatic carbocycles. The van der Waals surface area contributed by atoms with Crippen molar-refractivity contribution in [2.24, 2.45) is 0 Å². The van der Waals surface area contributed by atoms with Gasteiger partial charge in [-0.05, 0) is 39.0 Å². The molecule has 0 amide bonds. The van der Waals surface area contributed by atoms with Crippen LogP contribution in [0.5, 0.6) is 0 Å². The van der Waals surface area contributed by atoms with Gasteiger partial charge >= 0.3 is 6.16 Å². The highest BCUT2D eigenvalue weighted by molar-refractivity contribution is 5.60. The summed E-state index contributed by atoms with van der Waals surface area (Å²) < 4.78 is 26.3. The van der Waals surface area contributed by atoms with Gasteiger partial charge in [-0.25, -0.2) is 4.79 Å². The molecule has 0 aromatic rings. The van der Waals surface area contributed by atoms with Crippen molar-refractivity contribution < 1.29 is 33.3 Å². The summed E-state index contributed by atoms with van der Waals surface area (Å²) in [5.74, 6) is 0. The summed E-state index contributed by atoms with van der Waals surface area (Å²) in [6, 6.07) is 0. The number of hydrogen-bond acceptors (Lipinski definition) is 7. The van der Waals surface area contributed by atoms with E-state index in [1.54, 1.807) is 6.92 Å². The lowest BCUT2D eigenvalue weighted by Crippen LogP contribution is -2.40. The zero-order chi connectivity index (χ0) is 16.5. The van der Waals surface area contributed by atoms with Crippen LogP contribution in [0.2, 0.25) is 0 Å². The second kappa shape index (κ2) is 9.72. The van der Waals surface area contributed by atoms with Gasteiger partial charge in [0.05, 0.1) is 12.2 Å². The van der Waals surface area contributed by atoms with Crippen molar-refractivity contribution >= 4 is 12.6 Å². The molecular weight excluding hydrogens is 304 g/mol. The molecule has 2 rings (SSSR count). The summed E-state index contributed by atoms with van der Waals surface area (Å²) in [5, 5.41) is 0. The Kier molecular flexibility index (Phi) is 7.61. The predicted octanol–water partition coefficient (Wildman–Crippen LogP) is 2.56. The van der Waals surface area contributed by atoms with Gasteiger partial charge < -0.3 is 23.7 Å². The third-order valence-corrected chi connectivity index (χ3v) is 4.33. The molecule has 3 atom stereocenters. The zero-order valence-electron chi connectivity index (χ0n) is 13.6. The molecule has 1 heterocycles. The lowest BCUT2D eigenvalue weighted by molar-refractivity contribution is -0.161. The highest BCUT2D eigenvalue weighted by atomic mass is 16.7. The number of ether oxygens (including phenoxy) is 5. The molecule has 2 fully saturated rings. The van der Waals surface area contributed by atoms with Gasteiger partial charge in [0.25, 0.3) is 6.47 Å². The van der Waals surface area contributed by atoms with Gasteiger partial charge in [-0.15, -0.1) is 0 Å². The van der Waals surface area contributed by atoms with E-state index in [1.165, 1.54) is 6.42 Å². The van der Waals surface area contributed by atoms with Crippen LogP contribution < -0.4 is 0 Å². The van der Waals surface area contributed by atoms with E-state index in [4.69, 9.17) is 18.9 Å². The van der Waals surface area contributed by atoms with Crippen molar-refractivity contribution in [2.45, 2.75) is 76.3 Å². The van der Waals surface area contributed by atoms with E-state index in [9.17, 15) is 9.59 Å².